The summed E-state index contributed by atoms with van der Waals surface area (Å²) in [5, 5.41) is 0. The van der Waals surface area contributed by atoms with Crippen molar-refractivity contribution in [1.29, 1.82) is 0 Å². The van der Waals surface area contributed by atoms with Gasteiger partial charge in [0.2, 0.25) is 0 Å². The van der Waals surface area contributed by atoms with Gasteiger partial charge in [-0.2, -0.15) is 0 Å². The van der Waals surface area contributed by atoms with Gasteiger partial charge in [0.15, 0.2) is 0 Å². The van der Waals surface area contributed by atoms with Crippen molar-refractivity contribution in [2.75, 3.05) is 0 Å². The van der Waals surface area contributed by atoms with Crippen LogP contribution in [0.4, 0.5) is 0 Å². The predicted octanol–water partition coefficient (Wildman–Crippen LogP) is 2.65. The highest BCUT2D eigenvalue weighted by Crippen LogP contribution is 2.07. The Hall–Kier alpha value is -0.130. The minimum absolute atomic E-state index is 0.887. The highest BCUT2D eigenvalue weighted by Gasteiger charge is 1.95. The van der Waals surface area contributed by atoms with Gasteiger partial charge < -0.3 is 0 Å². The Balaban J connectivity index is 2.83. The normalized spacial score (nSPS) is 14.0. The molecule has 7 heavy (non-hydrogen) atoms. The highest BCUT2D eigenvalue weighted by atomic mass is 14.0. The van der Waals surface area contributed by atoms with Gasteiger partial charge in [0.1, 0.15) is 0 Å². The summed E-state index contributed by atoms with van der Waals surface area (Å²) in [5.74, 6) is 0.887. The summed E-state index contributed by atoms with van der Waals surface area (Å²) >= 11 is 0. The molecular weight excluding hydrogens is 84.1 g/mol. The number of hydrogen-bond donors (Lipinski definition) is 0. The van der Waals surface area contributed by atoms with Gasteiger partial charge in [-0.25, -0.2) is 0 Å². The Morgan fingerprint density at radius 3 is 2.29 bits per heavy atom. The molecule has 0 aliphatic rings. The minimum atomic E-state index is 0.887. The summed E-state index contributed by atoms with van der Waals surface area (Å²) in [6, 6.07) is 0. The predicted molar refractivity (Wildman–Crippen MR) is 34.0 cm³/mol. The largest absolute Gasteiger partial charge is 0.0853 e. The molecule has 0 nitrogen and oxygen atoms in total. The molecule has 0 aromatic rings. The lowest BCUT2D eigenvalue weighted by molar-refractivity contribution is 0.521. The maximum atomic E-state index is 3.77. The summed E-state index contributed by atoms with van der Waals surface area (Å²) in [5.41, 5.74) is 0. The van der Waals surface area contributed by atoms with E-state index in [2.05, 4.69) is 20.8 Å². The molecule has 0 bridgehead atoms. The van der Waals surface area contributed by atoms with Crippen LogP contribution in [-0.2, 0) is 0 Å². The summed E-state index contributed by atoms with van der Waals surface area (Å²) in [6.07, 6.45) is 3.68. The molecule has 42 valence electrons. The first-order valence-electron chi connectivity index (χ1n) is 3.10. The van der Waals surface area contributed by atoms with Crippen molar-refractivity contribution < 1.29 is 0 Å². The van der Waals surface area contributed by atoms with Crippen LogP contribution in [0.2, 0.25) is 0 Å². The van der Waals surface area contributed by atoms with Crippen LogP contribution in [0, 0.1) is 12.8 Å². The maximum Gasteiger partial charge on any atom is 0.0853 e. The zero-order valence-electron chi connectivity index (χ0n) is 5.41. The van der Waals surface area contributed by atoms with E-state index in [0.717, 1.165) is 12.3 Å². The zero-order chi connectivity index (χ0) is 5.70. The molecule has 0 aliphatic carbocycles. The van der Waals surface area contributed by atoms with Crippen LogP contribution in [0.15, 0.2) is 0 Å². The highest BCUT2D eigenvalue weighted by molar-refractivity contribution is 4.49. The molecule has 0 N–H and O–H groups in total. The van der Waals surface area contributed by atoms with E-state index in [-0.39, 0.29) is 0 Å². The minimum Gasteiger partial charge on any atom is -0.0651 e. The molecule has 0 saturated carbocycles. The fourth-order valence-electron chi connectivity index (χ4n) is 0.553. The van der Waals surface area contributed by atoms with Gasteiger partial charge in [-0.15, -0.1) is 0 Å². The van der Waals surface area contributed by atoms with Crippen LogP contribution >= 0.6 is 0 Å². The van der Waals surface area contributed by atoms with Crippen LogP contribution in [-0.4, -0.2) is 0 Å². The zero-order valence-corrected chi connectivity index (χ0v) is 5.41. The SMILES string of the molecule is [CH2+]CCC(C)CC. The second kappa shape index (κ2) is 4.04. The first kappa shape index (κ1) is 6.87. The average Bonchev–Trinajstić information content (AvgIpc) is 1.68. The molecule has 0 aliphatic heterocycles. The van der Waals surface area contributed by atoms with Crippen molar-refractivity contribution in [2.24, 2.45) is 5.92 Å². The molecule has 0 saturated heterocycles. The number of hydrogen-bond acceptors (Lipinski definition) is 0. The van der Waals surface area contributed by atoms with Crippen molar-refractivity contribution in [3.63, 3.8) is 0 Å². The first-order chi connectivity index (χ1) is 3.31. The Kier molecular flexibility index (Phi) is 3.97. The summed E-state index contributed by atoms with van der Waals surface area (Å²) < 4.78 is 0. The third-order valence-electron chi connectivity index (χ3n) is 1.39. The van der Waals surface area contributed by atoms with Gasteiger partial charge in [-0.1, -0.05) is 20.3 Å². The topological polar surface area (TPSA) is 0 Å². The van der Waals surface area contributed by atoms with Gasteiger partial charge in [-0.3, -0.25) is 0 Å². The van der Waals surface area contributed by atoms with E-state index in [1.807, 2.05) is 0 Å². The summed E-state index contributed by atoms with van der Waals surface area (Å²) in [7, 11) is 0. The van der Waals surface area contributed by atoms with Gasteiger partial charge in [0, 0.05) is 0 Å². The molecule has 0 radical (unpaired) electrons. The third kappa shape index (κ3) is 3.71. The van der Waals surface area contributed by atoms with Gasteiger partial charge in [0.05, 0.1) is 13.3 Å². The molecule has 0 aromatic carbocycles. The molecule has 1 unspecified atom stereocenters. The molecule has 0 spiro atoms. The quantitative estimate of drug-likeness (QED) is 0.477. The lowest BCUT2D eigenvalue weighted by Gasteiger charge is -1.99. The number of rotatable bonds is 3. The average molecular weight is 99.2 g/mol. The molecule has 0 heterocycles. The van der Waals surface area contributed by atoms with E-state index in [1.165, 1.54) is 12.8 Å². The van der Waals surface area contributed by atoms with Crippen LogP contribution < -0.4 is 0 Å². The van der Waals surface area contributed by atoms with Gasteiger partial charge >= 0.3 is 0 Å². The van der Waals surface area contributed by atoms with Crippen molar-refractivity contribution in [2.45, 2.75) is 33.1 Å². The van der Waals surface area contributed by atoms with Gasteiger partial charge in [0.25, 0.3) is 0 Å². The van der Waals surface area contributed by atoms with Crippen LogP contribution in [0.1, 0.15) is 33.1 Å². The van der Waals surface area contributed by atoms with E-state index < -0.39 is 0 Å². The monoisotopic (exact) mass is 99.1 g/mol. The van der Waals surface area contributed by atoms with Crippen molar-refractivity contribution in [3.8, 4) is 0 Å². The van der Waals surface area contributed by atoms with Crippen LogP contribution in [0.25, 0.3) is 0 Å². The van der Waals surface area contributed by atoms with E-state index in [1.54, 1.807) is 0 Å². The fourth-order valence-corrected chi connectivity index (χ4v) is 0.553. The molecule has 1 atom stereocenters. The van der Waals surface area contributed by atoms with Crippen molar-refractivity contribution in [3.05, 3.63) is 6.92 Å². The maximum absolute atomic E-state index is 3.77. The lowest BCUT2D eigenvalue weighted by atomic mass is 10.0. The Labute approximate surface area is 46.9 Å². The molecule has 0 fully saturated rings. The molecule has 0 heteroatoms. The summed E-state index contributed by atoms with van der Waals surface area (Å²) in [6.45, 7) is 8.27. The van der Waals surface area contributed by atoms with Crippen molar-refractivity contribution >= 4 is 0 Å². The van der Waals surface area contributed by atoms with E-state index in [9.17, 15) is 0 Å². The second-order valence-electron chi connectivity index (χ2n) is 2.16. The van der Waals surface area contributed by atoms with Crippen molar-refractivity contribution in [1.82, 2.24) is 0 Å². The van der Waals surface area contributed by atoms with Crippen LogP contribution in [0.3, 0.4) is 0 Å². The Bertz CT molecular complexity index is 31.0. The smallest absolute Gasteiger partial charge is 0.0651 e. The second-order valence-corrected chi connectivity index (χ2v) is 2.16. The van der Waals surface area contributed by atoms with Crippen LogP contribution in [0.5, 0.6) is 0 Å². The van der Waals surface area contributed by atoms with E-state index in [4.69, 9.17) is 0 Å². The van der Waals surface area contributed by atoms with Gasteiger partial charge in [-0.05, 0) is 12.3 Å². The first-order valence-corrected chi connectivity index (χ1v) is 3.10. The fraction of sp³-hybridized carbons (Fsp3) is 0.857. The molecule has 0 rings (SSSR count). The third-order valence-corrected chi connectivity index (χ3v) is 1.39. The molecular formula is C7H15+. The lowest BCUT2D eigenvalue weighted by Crippen LogP contribution is -1.88. The molecule has 0 aromatic heterocycles. The standard InChI is InChI=1S/C7H15/c1-4-6-7(3)5-2/h7H,1,4-6H2,2-3H3/q+1. The van der Waals surface area contributed by atoms with E-state index in [0.29, 0.717) is 0 Å². The molecule has 0 amide bonds. The Morgan fingerprint density at radius 1 is 1.57 bits per heavy atom. The summed E-state index contributed by atoms with van der Waals surface area (Å²) in [4.78, 5) is 0. The Morgan fingerprint density at radius 2 is 2.14 bits per heavy atom. The van der Waals surface area contributed by atoms with E-state index >= 15 is 0 Å².